The van der Waals surface area contributed by atoms with Crippen molar-refractivity contribution in [1.29, 1.82) is 0 Å². The maximum atomic E-state index is 13.9. The number of sulfonamides is 1. The van der Waals surface area contributed by atoms with Crippen LogP contribution in [0.2, 0.25) is 0 Å². The predicted molar refractivity (Wildman–Crippen MR) is 156 cm³/mol. The van der Waals surface area contributed by atoms with E-state index in [9.17, 15) is 26.8 Å². The van der Waals surface area contributed by atoms with E-state index in [1.165, 1.54) is 12.3 Å². The number of hydrogen-bond donors (Lipinski definition) is 4. The lowest BCUT2D eigenvalue weighted by atomic mass is 10.0. The standard InChI is InChI=1S/C29H29F2N7O5S/c1-29(2)25-23(15-38(29)44(41,42)21-9-17(30)8-18(31)10-21)26(36-35-25)34-28(40)22-5-4-19(43-20-13-37(3)14-20)11-24(22)33-27(39)16-6-7-32-12-16/h4-12,20,32H,13-15H2,1-3H3,(H,33,39)(H2,34,35,36,40). The highest BCUT2D eigenvalue weighted by molar-refractivity contribution is 7.89. The van der Waals surface area contributed by atoms with Crippen molar-refractivity contribution in [3.05, 3.63) is 88.9 Å². The van der Waals surface area contributed by atoms with E-state index in [1.807, 2.05) is 7.05 Å². The number of likely N-dealkylation sites (tertiary alicyclic amines) is 1. The van der Waals surface area contributed by atoms with Crippen LogP contribution in [0.4, 0.5) is 20.3 Å². The minimum Gasteiger partial charge on any atom is -0.488 e. The van der Waals surface area contributed by atoms with E-state index in [4.69, 9.17) is 4.74 Å². The van der Waals surface area contributed by atoms with Gasteiger partial charge in [0.05, 0.1) is 32.9 Å². The normalized spacial score (nSPS) is 16.8. The third kappa shape index (κ3) is 5.33. The Kier molecular flexibility index (Phi) is 7.26. The molecule has 2 amide bonds. The van der Waals surface area contributed by atoms with Crippen molar-refractivity contribution in [3.63, 3.8) is 0 Å². The van der Waals surface area contributed by atoms with E-state index in [0.29, 0.717) is 28.6 Å². The van der Waals surface area contributed by atoms with Gasteiger partial charge in [0, 0.05) is 49.7 Å². The molecule has 1 fully saturated rings. The molecule has 12 nitrogen and oxygen atoms in total. The van der Waals surface area contributed by atoms with Crippen LogP contribution in [0.25, 0.3) is 0 Å². The van der Waals surface area contributed by atoms with Crippen molar-refractivity contribution in [1.82, 2.24) is 24.4 Å². The van der Waals surface area contributed by atoms with Crippen LogP contribution in [0.1, 0.15) is 45.8 Å². The highest BCUT2D eigenvalue weighted by atomic mass is 32.2. The summed E-state index contributed by atoms with van der Waals surface area (Å²) >= 11 is 0. The van der Waals surface area contributed by atoms with E-state index >= 15 is 0 Å². The summed E-state index contributed by atoms with van der Waals surface area (Å²) in [7, 11) is -2.39. The number of aromatic nitrogens is 3. The molecule has 0 atom stereocenters. The number of nitrogens with zero attached hydrogens (tertiary/aromatic N) is 3. The van der Waals surface area contributed by atoms with Gasteiger partial charge in [-0.25, -0.2) is 17.2 Å². The van der Waals surface area contributed by atoms with Crippen LogP contribution in [0.3, 0.4) is 0 Å². The first-order chi connectivity index (χ1) is 20.8. The molecule has 0 aliphatic carbocycles. The average Bonchev–Trinajstić information content (AvgIpc) is 3.66. The van der Waals surface area contributed by atoms with Gasteiger partial charge in [0.2, 0.25) is 10.0 Å². The second-order valence-corrected chi connectivity index (χ2v) is 13.1. The van der Waals surface area contributed by atoms with Gasteiger partial charge in [-0.3, -0.25) is 19.6 Å². The number of anilines is 2. The van der Waals surface area contributed by atoms with Gasteiger partial charge < -0.3 is 20.4 Å². The summed E-state index contributed by atoms with van der Waals surface area (Å²) in [6.07, 6.45) is 3.10. The quantitative estimate of drug-likeness (QED) is 0.233. The predicted octanol–water partition coefficient (Wildman–Crippen LogP) is 3.65. The third-order valence-corrected chi connectivity index (χ3v) is 9.73. The number of benzene rings is 2. The maximum absolute atomic E-state index is 13.9. The Morgan fingerprint density at radius 2 is 1.77 bits per heavy atom. The van der Waals surface area contributed by atoms with Gasteiger partial charge in [0.1, 0.15) is 23.5 Å². The number of nitrogens with one attached hydrogen (secondary N) is 4. The van der Waals surface area contributed by atoms with Crippen LogP contribution in [0.15, 0.2) is 59.8 Å². The molecule has 44 heavy (non-hydrogen) atoms. The molecule has 0 radical (unpaired) electrons. The van der Waals surface area contributed by atoms with Crippen LogP contribution in [0.5, 0.6) is 5.75 Å². The van der Waals surface area contributed by atoms with Gasteiger partial charge in [-0.15, -0.1) is 0 Å². The lowest BCUT2D eigenvalue weighted by molar-refractivity contribution is 0.0389. The fourth-order valence-corrected chi connectivity index (χ4v) is 7.19. The van der Waals surface area contributed by atoms with Gasteiger partial charge in [0.25, 0.3) is 11.8 Å². The number of ether oxygens (including phenoxy) is 1. The summed E-state index contributed by atoms with van der Waals surface area (Å²) in [5.74, 6) is -2.57. The number of rotatable bonds is 8. The molecule has 2 aliphatic heterocycles. The molecular weight excluding hydrogens is 596 g/mol. The number of halogens is 2. The summed E-state index contributed by atoms with van der Waals surface area (Å²) in [5, 5.41) is 12.5. The monoisotopic (exact) mass is 625 g/mol. The Labute approximate surface area is 251 Å². The largest absolute Gasteiger partial charge is 0.488 e. The van der Waals surface area contributed by atoms with Crippen molar-refractivity contribution in [2.75, 3.05) is 30.8 Å². The van der Waals surface area contributed by atoms with Crippen molar-refractivity contribution >= 4 is 33.3 Å². The molecule has 6 rings (SSSR count). The summed E-state index contributed by atoms with van der Waals surface area (Å²) in [6, 6.07) is 8.40. The number of amides is 2. The number of likely N-dealkylation sites (N-methyl/N-ethyl adjacent to an activating group) is 1. The number of aromatic amines is 2. The molecule has 1 saturated heterocycles. The fraction of sp³-hybridized carbons (Fsp3) is 0.276. The Morgan fingerprint density at radius 1 is 1.05 bits per heavy atom. The first-order valence-electron chi connectivity index (χ1n) is 13.6. The van der Waals surface area contributed by atoms with Gasteiger partial charge in [-0.1, -0.05) is 0 Å². The third-order valence-electron chi connectivity index (χ3n) is 7.74. The second-order valence-electron chi connectivity index (χ2n) is 11.3. The maximum Gasteiger partial charge on any atom is 0.258 e. The molecule has 4 N–H and O–H groups in total. The van der Waals surface area contributed by atoms with Crippen molar-refractivity contribution < 1.29 is 31.5 Å². The number of H-pyrrole nitrogens is 2. The van der Waals surface area contributed by atoms with Crippen molar-refractivity contribution in [2.24, 2.45) is 0 Å². The highest BCUT2D eigenvalue weighted by Crippen LogP contribution is 2.44. The van der Waals surface area contributed by atoms with Crippen molar-refractivity contribution in [3.8, 4) is 5.75 Å². The fourth-order valence-electron chi connectivity index (χ4n) is 5.43. The van der Waals surface area contributed by atoms with Crippen LogP contribution >= 0.6 is 0 Å². The lowest BCUT2D eigenvalue weighted by Gasteiger charge is -2.36. The lowest BCUT2D eigenvalue weighted by Crippen LogP contribution is -2.51. The van der Waals surface area contributed by atoms with E-state index in [0.717, 1.165) is 29.5 Å². The number of carbonyl (C=O) groups is 2. The topological polar surface area (TPSA) is 153 Å². The number of carbonyl (C=O) groups excluding carboxylic acids is 2. The van der Waals surface area contributed by atoms with Gasteiger partial charge >= 0.3 is 0 Å². The van der Waals surface area contributed by atoms with Gasteiger partial charge in [-0.2, -0.15) is 9.40 Å². The van der Waals surface area contributed by atoms with E-state index in [-0.39, 0.29) is 29.7 Å². The summed E-state index contributed by atoms with van der Waals surface area (Å²) in [6.45, 7) is 4.49. The molecule has 0 saturated carbocycles. The molecule has 0 bridgehead atoms. The first-order valence-corrected chi connectivity index (χ1v) is 15.1. The molecule has 2 aromatic heterocycles. The molecule has 15 heteroatoms. The van der Waals surface area contributed by atoms with Crippen LogP contribution in [-0.4, -0.2) is 70.9 Å². The molecule has 4 heterocycles. The molecular formula is C29H29F2N7O5S. The molecule has 2 aromatic carbocycles. The summed E-state index contributed by atoms with van der Waals surface area (Å²) in [5.41, 5.74) is 0.260. The molecule has 230 valence electrons. The van der Waals surface area contributed by atoms with Crippen LogP contribution in [0, 0.1) is 11.6 Å². The summed E-state index contributed by atoms with van der Waals surface area (Å²) < 4.78 is 61.9. The molecule has 0 unspecified atom stereocenters. The number of hydrogen-bond acceptors (Lipinski definition) is 7. The molecule has 0 spiro atoms. The van der Waals surface area contributed by atoms with Crippen LogP contribution in [-0.2, 0) is 22.1 Å². The zero-order valence-electron chi connectivity index (χ0n) is 23.9. The minimum absolute atomic E-state index is 0.0222. The van der Waals surface area contributed by atoms with E-state index < -0.39 is 43.9 Å². The highest BCUT2D eigenvalue weighted by Gasteiger charge is 2.48. The van der Waals surface area contributed by atoms with E-state index in [2.05, 4.69) is 30.7 Å². The van der Waals surface area contributed by atoms with E-state index in [1.54, 1.807) is 38.2 Å². The smallest absolute Gasteiger partial charge is 0.258 e. The zero-order chi connectivity index (χ0) is 31.4. The molecule has 4 aromatic rings. The minimum atomic E-state index is -4.36. The Balaban J connectivity index is 1.27. The van der Waals surface area contributed by atoms with Crippen molar-refractivity contribution in [2.45, 2.75) is 36.9 Å². The average molecular weight is 626 g/mol. The van der Waals surface area contributed by atoms with Crippen LogP contribution < -0.4 is 15.4 Å². The number of fused-ring (bicyclic) bond motifs is 1. The Bertz CT molecular complexity index is 1850. The summed E-state index contributed by atoms with van der Waals surface area (Å²) in [4.78, 5) is 30.9. The SMILES string of the molecule is CN1CC(Oc2ccc(C(=O)Nc3n[nH]c4c3CN(S(=O)(=O)c3cc(F)cc(F)c3)C4(C)C)c(NC(=O)c3cc[nH]c3)c2)C1. The second kappa shape index (κ2) is 10.8. The Hall–Kier alpha value is -4.60. The zero-order valence-corrected chi connectivity index (χ0v) is 24.8. The van der Waals surface area contributed by atoms with Gasteiger partial charge in [0.15, 0.2) is 5.82 Å². The first kappa shape index (κ1) is 29.5. The Morgan fingerprint density at radius 3 is 2.43 bits per heavy atom. The van der Waals surface area contributed by atoms with Gasteiger partial charge in [-0.05, 0) is 51.2 Å². The molecule has 2 aliphatic rings.